The minimum atomic E-state index is -0.327. The molecular formula is C20H22FN5O2. The summed E-state index contributed by atoms with van der Waals surface area (Å²) < 4.78 is 13.7. The topological polar surface area (TPSA) is 78.4 Å². The van der Waals surface area contributed by atoms with Gasteiger partial charge in [0.15, 0.2) is 0 Å². The van der Waals surface area contributed by atoms with Crippen LogP contribution in [-0.4, -0.2) is 63.3 Å². The highest BCUT2D eigenvalue weighted by Gasteiger charge is 2.54. The molecule has 1 aliphatic carbocycles. The van der Waals surface area contributed by atoms with Gasteiger partial charge in [-0.25, -0.2) is 14.4 Å². The third kappa shape index (κ3) is 2.78. The SMILES string of the molecule is O=C1CCCN1CC(=O)N1CC2CCC2(Nc2ncnc3ccc(F)cc23)C1. The summed E-state index contributed by atoms with van der Waals surface area (Å²) in [6.07, 6.45) is 4.82. The molecule has 0 radical (unpaired) electrons. The number of benzene rings is 1. The van der Waals surface area contributed by atoms with Crippen LogP contribution in [0.25, 0.3) is 10.9 Å². The monoisotopic (exact) mass is 383 g/mol. The Morgan fingerprint density at radius 2 is 2.25 bits per heavy atom. The lowest BCUT2D eigenvalue weighted by atomic mass is 9.69. The van der Waals surface area contributed by atoms with E-state index in [4.69, 9.17) is 0 Å². The number of nitrogens with one attached hydrogen (secondary N) is 1. The van der Waals surface area contributed by atoms with Gasteiger partial charge in [0.25, 0.3) is 0 Å². The van der Waals surface area contributed by atoms with Crippen molar-refractivity contribution in [1.82, 2.24) is 19.8 Å². The van der Waals surface area contributed by atoms with E-state index in [0.717, 1.165) is 19.3 Å². The van der Waals surface area contributed by atoms with E-state index in [1.165, 1.54) is 18.5 Å². The molecule has 2 unspecified atom stereocenters. The quantitative estimate of drug-likeness (QED) is 0.871. The molecule has 8 heteroatoms. The molecule has 3 fully saturated rings. The molecule has 1 N–H and O–H groups in total. The number of likely N-dealkylation sites (tertiary alicyclic amines) is 2. The first-order valence-corrected chi connectivity index (χ1v) is 9.78. The molecule has 3 aliphatic rings. The van der Waals surface area contributed by atoms with Crippen LogP contribution >= 0.6 is 0 Å². The summed E-state index contributed by atoms with van der Waals surface area (Å²) in [7, 11) is 0. The summed E-state index contributed by atoms with van der Waals surface area (Å²) in [6.45, 7) is 2.11. The number of aromatic nitrogens is 2. The molecule has 2 saturated heterocycles. The Morgan fingerprint density at radius 1 is 1.36 bits per heavy atom. The first-order chi connectivity index (χ1) is 13.5. The van der Waals surface area contributed by atoms with Crippen molar-refractivity contribution in [3.05, 3.63) is 30.3 Å². The number of carbonyl (C=O) groups is 2. The molecular weight excluding hydrogens is 361 g/mol. The smallest absolute Gasteiger partial charge is 0.242 e. The van der Waals surface area contributed by atoms with Crippen molar-refractivity contribution in [3.8, 4) is 0 Å². The van der Waals surface area contributed by atoms with E-state index in [-0.39, 0.29) is 29.7 Å². The Hall–Kier alpha value is -2.77. The largest absolute Gasteiger partial charge is 0.362 e. The Morgan fingerprint density at radius 3 is 3.00 bits per heavy atom. The van der Waals surface area contributed by atoms with Gasteiger partial charge in [0.2, 0.25) is 11.8 Å². The first kappa shape index (κ1) is 17.3. The Labute approximate surface area is 161 Å². The molecule has 2 atom stereocenters. The number of halogens is 1. The van der Waals surface area contributed by atoms with E-state index in [1.807, 2.05) is 4.90 Å². The maximum absolute atomic E-state index is 13.7. The normalized spacial score (nSPS) is 26.5. The van der Waals surface area contributed by atoms with Crippen molar-refractivity contribution in [2.75, 3.05) is 31.5 Å². The van der Waals surface area contributed by atoms with Crippen LogP contribution in [0.3, 0.4) is 0 Å². The third-order valence-corrected chi connectivity index (χ3v) is 6.45. The van der Waals surface area contributed by atoms with Crippen LogP contribution < -0.4 is 5.32 Å². The highest BCUT2D eigenvalue weighted by Crippen LogP contribution is 2.47. The van der Waals surface area contributed by atoms with Gasteiger partial charge >= 0.3 is 0 Å². The predicted molar refractivity (Wildman–Crippen MR) is 101 cm³/mol. The molecule has 28 heavy (non-hydrogen) atoms. The number of amides is 2. The minimum Gasteiger partial charge on any atom is -0.362 e. The molecule has 1 aromatic heterocycles. The van der Waals surface area contributed by atoms with Crippen LogP contribution in [0.4, 0.5) is 10.2 Å². The summed E-state index contributed by atoms with van der Waals surface area (Å²) in [4.78, 5) is 36.6. The highest BCUT2D eigenvalue weighted by molar-refractivity contribution is 5.89. The maximum atomic E-state index is 13.7. The highest BCUT2D eigenvalue weighted by atomic mass is 19.1. The number of carbonyl (C=O) groups excluding carboxylic acids is 2. The van der Waals surface area contributed by atoms with E-state index >= 15 is 0 Å². The zero-order valence-corrected chi connectivity index (χ0v) is 15.5. The van der Waals surface area contributed by atoms with Crippen LogP contribution in [0, 0.1) is 11.7 Å². The predicted octanol–water partition coefficient (Wildman–Crippen LogP) is 1.79. The molecule has 3 heterocycles. The second-order valence-electron chi connectivity index (χ2n) is 8.09. The molecule has 2 aromatic rings. The lowest BCUT2D eigenvalue weighted by molar-refractivity contribution is -0.137. The standard InChI is InChI=1S/C20H22FN5O2/c21-14-3-4-16-15(8-14)19(23-12-22-16)24-20-6-5-13(20)9-26(11-20)18(28)10-25-7-1-2-17(25)27/h3-4,8,12-13H,1-2,5-7,9-11H2,(H,22,23,24). The van der Waals surface area contributed by atoms with Crippen molar-refractivity contribution in [2.24, 2.45) is 5.92 Å². The summed E-state index contributed by atoms with van der Waals surface area (Å²) in [5, 5.41) is 4.17. The van der Waals surface area contributed by atoms with Gasteiger partial charge in [-0.3, -0.25) is 9.59 Å². The number of nitrogens with zero attached hydrogens (tertiary/aromatic N) is 4. The lowest BCUT2D eigenvalue weighted by Crippen LogP contribution is -2.53. The Balaban J connectivity index is 1.34. The molecule has 1 saturated carbocycles. The summed E-state index contributed by atoms with van der Waals surface area (Å²) >= 11 is 0. The van der Waals surface area contributed by atoms with Crippen molar-refractivity contribution < 1.29 is 14.0 Å². The third-order valence-electron chi connectivity index (χ3n) is 6.45. The van der Waals surface area contributed by atoms with Gasteiger partial charge in [-0.2, -0.15) is 0 Å². The number of anilines is 1. The number of hydrogen-bond acceptors (Lipinski definition) is 5. The molecule has 7 nitrogen and oxygen atoms in total. The fourth-order valence-electron chi connectivity index (χ4n) is 4.74. The van der Waals surface area contributed by atoms with Crippen LogP contribution in [0.2, 0.25) is 0 Å². The van der Waals surface area contributed by atoms with Crippen molar-refractivity contribution in [3.63, 3.8) is 0 Å². The van der Waals surface area contributed by atoms with Gasteiger partial charge < -0.3 is 15.1 Å². The zero-order chi connectivity index (χ0) is 19.3. The van der Waals surface area contributed by atoms with E-state index in [1.54, 1.807) is 11.0 Å². The number of rotatable bonds is 4. The Kier molecular flexibility index (Phi) is 3.96. The molecule has 5 rings (SSSR count). The van der Waals surface area contributed by atoms with Crippen molar-refractivity contribution in [1.29, 1.82) is 0 Å². The van der Waals surface area contributed by atoms with Gasteiger partial charge in [-0.05, 0) is 37.5 Å². The average Bonchev–Trinajstić information content (AvgIpc) is 3.18. The molecule has 146 valence electrons. The van der Waals surface area contributed by atoms with E-state index in [2.05, 4.69) is 15.3 Å². The fraction of sp³-hybridized carbons (Fsp3) is 0.500. The van der Waals surface area contributed by atoms with Crippen LogP contribution in [0.5, 0.6) is 0 Å². The first-order valence-electron chi connectivity index (χ1n) is 9.78. The molecule has 2 amide bonds. The molecule has 2 aliphatic heterocycles. The molecule has 1 aromatic carbocycles. The second kappa shape index (κ2) is 6.39. The number of hydrogen-bond donors (Lipinski definition) is 1. The minimum absolute atomic E-state index is 0.00409. The van der Waals surface area contributed by atoms with Crippen LogP contribution in [-0.2, 0) is 9.59 Å². The summed E-state index contributed by atoms with van der Waals surface area (Å²) in [5.74, 6) is 0.691. The summed E-state index contributed by atoms with van der Waals surface area (Å²) in [5.41, 5.74) is 0.447. The van der Waals surface area contributed by atoms with E-state index in [0.29, 0.717) is 48.7 Å². The van der Waals surface area contributed by atoms with Gasteiger partial charge in [0.1, 0.15) is 18.0 Å². The van der Waals surface area contributed by atoms with Gasteiger partial charge in [-0.15, -0.1) is 0 Å². The fourth-order valence-corrected chi connectivity index (χ4v) is 4.74. The lowest BCUT2D eigenvalue weighted by Gasteiger charge is -2.44. The van der Waals surface area contributed by atoms with E-state index in [9.17, 15) is 14.0 Å². The van der Waals surface area contributed by atoms with Gasteiger partial charge in [0.05, 0.1) is 17.6 Å². The summed E-state index contributed by atoms with van der Waals surface area (Å²) in [6, 6.07) is 4.48. The number of fused-ring (bicyclic) bond motifs is 2. The van der Waals surface area contributed by atoms with Gasteiger partial charge in [0, 0.05) is 37.4 Å². The Bertz CT molecular complexity index is 967. The molecule has 0 bridgehead atoms. The zero-order valence-electron chi connectivity index (χ0n) is 15.5. The van der Waals surface area contributed by atoms with Crippen molar-refractivity contribution in [2.45, 2.75) is 31.2 Å². The van der Waals surface area contributed by atoms with Crippen molar-refractivity contribution >= 4 is 28.5 Å². The second-order valence-corrected chi connectivity index (χ2v) is 8.09. The maximum Gasteiger partial charge on any atom is 0.242 e. The molecule has 0 spiro atoms. The van der Waals surface area contributed by atoms with E-state index < -0.39 is 0 Å². The average molecular weight is 383 g/mol. The van der Waals surface area contributed by atoms with Crippen LogP contribution in [0.1, 0.15) is 25.7 Å². The van der Waals surface area contributed by atoms with Gasteiger partial charge in [-0.1, -0.05) is 0 Å². The van der Waals surface area contributed by atoms with Crippen LogP contribution in [0.15, 0.2) is 24.5 Å².